The van der Waals surface area contributed by atoms with E-state index in [1.165, 1.54) is 0 Å². The molecule has 2 unspecified atom stereocenters. The van der Waals surface area contributed by atoms with Crippen LogP contribution in [0, 0.1) is 10.8 Å². The van der Waals surface area contributed by atoms with Crippen LogP contribution in [0.2, 0.25) is 0 Å². The van der Waals surface area contributed by atoms with E-state index in [1.54, 1.807) is 19.1 Å². The van der Waals surface area contributed by atoms with Gasteiger partial charge >= 0.3 is 11.9 Å². The topological polar surface area (TPSA) is 101 Å². The van der Waals surface area contributed by atoms with Crippen LogP contribution in [-0.2, 0) is 9.59 Å². The summed E-state index contributed by atoms with van der Waals surface area (Å²) < 4.78 is 0. The van der Waals surface area contributed by atoms with Gasteiger partial charge in [0, 0.05) is 0 Å². The zero-order valence-electron chi connectivity index (χ0n) is 12.1. The molecular weight excluding hydrogens is 258 g/mol. The lowest BCUT2D eigenvalue weighted by molar-refractivity contribution is -0.155. The SMILES string of the molecule is CC1(C(=O)O)CC=CC(CCCCCCN)(C(=O)O)C1. The molecule has 0 aliphatic heterocycles. The summed E-state index contributed by atoms with van der Waals surface area (Å²) in [7, 11) is 0. The lowest BCUT2D eigenvalue weighted by Gasteiger charge is -2.38. The van der Waals surface area contributed by atoms with Crippen LogP contribution in [0.5, 0.6) is 0 Å². The lowest BCUT2D eigenvalue weighted by atomic mass is 9.64. The molecule has 4 N–H and O–H groups in total. The smallest absolute Gasteiger partial charge is 0.313 e. The summed E-state index contributed by atoms with van der Waals surface area (Å²) in [5.41, 5.74) is 3.41. The second kappa shape index (κ2) is 6.88. The van der Waals surface area contributed by atoms with Crippen molar-refractivity contribution in [2.45, 2.75) is 51.9 Å². The summed E-state index contributed by atoms with van der Waals surface area (Å²) in [6.45, 7) is 2.28. The molecule has 0 aromatic heterocycles. The molecule has 0 fully saturated rings. The number of rotatable bonds is 8. The van der Waals surface area contributed by atoms with E-state index in [1.807, 2.05) is 0 Å². The van der Waals surface area contributed by atoms with E-state index >= 15 is 0 Å². The van der Waals surface area contributed by atoms with E-state index in [0.29, 0.717) is 19.4 Å². The molecule has 1 aliphatic rings. The van der Waals surface area contributed by atoms with Gasteiger partial charge in [-0.25, -0.2) is 0 Å². The Morgan fingerprint density at radius 1 is 1.15 bits per heavy atom. The van der Waals surface area contributed by atoms with Gasteiger partial charge in [-0.3, -0.25) is 9.59 Å². The molecule has 1 rings (SSSR count). The van der Waals surface area contributed by atoms with E-state index < -0.39 is 22.8 Å². The lowest BCUT2D eigenvalue weighted by Crippen LogP contribution is -2.41. The van der Waals surface area contributed by atoms with Crippen molar-refractivity contribution >= 4 is 11.9 Å². The molecule has 2 atom stereocenters. The first-order chi connectivity index (χ1) is 9.36. The molecule has 0 bridgehead atoms. The Morgan fingerprint density at radius 2 is 1.80 bits per heavy atom. The molecule has 0 saturated carbocycles. The highest BCUT2D eigenvalue weighted by atomic mass is 16.4. The van der Waals surface area contributed by atoms with Gasteiger partial charge in [0.25, 0.3) is 0 Å². The normalized spacial score (nSPS) is 29.3. The summed E-state index contributed by atoms with van der Waals surface area (Å²) >= 11 is 0. The fourth-order valence-corrected chi connectivity index (χ4v) is 2.90. The van der Waals surface area contributed by atoms with Gasteiger partial charge < -0.3 is 15.9 Å². The Balaban J connectivity index is 2.72. The van der Waals surface area contributed by atoms with Crippen LogP contribution >= 0.6 is 0 Å². The zero-order valence-corrected chi connectivity index (χ0v) is 12.1. The Morgan fingerprint density at radius 3 is 2.35 bits per heavy atom. The Bertz CT molecular complexity index is 393. The van der Waals surface area contributed by atoms with E-state index in [0.717, 1.165) is 25.7 Å². The van der Waals surface area contributed by atoms with Gasteiger partial charge in [-0.05, 0) is 39.2 Å². The van der Waals surface area contributed by atoms with Crippen molar-refractivity contribution in [3.63, 3.8) is 0 Å². The number of carboxylic acid groups (broad SMARTS) is 2. The van der Waals surface area contributed by atoms with Gasteiger partial charge in [0.2, 0.25) is 0 Å². The van der Waals surface area contributed by atoms with Crippen LogP contribution < -0.4 is 5.73 Å². The van der Waals surface area contributed by atoms with Gasteiger partial charge in [0.1, 0.15) is 0 Å². The molecule has 114 valence electrons. The van der Waals surface area contributed by atoms with Gasteiger partial charge in [-0.2, -0.15) is 0 Å². The predicted octanol–water partition coefficient (Wildman–Crippen LogP) is 2.41. The van der Waals surface area contributed by atoms with Crippen LogP contribution in [0.25, 0.3) is 0 Å². The van der Waals surface area contributed by atoms with Crippen molar-refractivity contribution in [2.24, 2.45) is 16.6 Å². The van der Waals surface area contributed by atoms with Gasteiger partial charge in [0.05, 0.1) is 10.8 Å². The molecule has 0 spiro atoms. The molecular formula is C15H25NO4. The van der Waals surface area contributed by atoms with E-state index in [4.69, 9.17) is 5.73 Å². The number of carbonyl (C=O) groups is 2. The number of hydrogen-bond acceptors (Lipinski definition) is 3. The largest absolute Gasteiger partial charge is 0.481 e. The van der Waals surface area contributed by atoms with Crippen LogP contribution in [-0.4, -0.2) is 28.7 Å². The minimum Gasteiger partial charge on any atom is -0.481 e. The number of hydrogen-bond donors (Lipinski definition) is 3. The third-order valence-corrected chi connectivity index (χ3v) is 4.23. The molecule has 5 nitrogen and oxygen atoms in total. The maximum Gasteiger partial charge on any atom is 0.313 e. The highest BCUT2D eigenvalue weighted by molar-refractivity contribution is 5.81. The Labute approximate surface area is 119 Å². The van der Waals surface area contributed by atoms with Crippen molar-refractivity contribution < 1.29 is 19.8 Å². The molecule has 0 heterocycles. The average Bonchev–Trinajstić information content (AvgIpc) is 2.38. The highest BCUT2D eigenvalue weighted by Gasteiger charge is 2.47. The molecule has 0 radical (unpaired) electrons. The molecule has 0 saturated heterocycles. The molecule has 1 aliphatic carbocycles. The Hall–Kier alpha value is -1.36. The monoisotopic (exact) mass is 283 g/mol. The predicted molar refractivity (Wildman–Crippen MR) is 76.3 cm³/mol. The van der Waals surface area contributed by atoms with Crippen LogP contribution in [0.1, 0.15) is 51.9 Å². The summed E-state index contributed by atoms with van der Waals surface area (Å²) in [6.07, 6.45) is 8.12. The number of unbranched alkanes of at least 4 members (excludes halogenated alkanes) is 3. The summed E-state index contributed by atoms with van der Waals surface area (Å²) in [5.74, 6) is -1.84. The summed E-state index contributed by atoms with van der Waals surface area (Å²) in [6, 6.07) is 0. The second-order valence-corrected chi connectivity index (χ2v) is 6.06. The quantitative estimate of drug-likeness (QED) is 0.469. The molecule has 0 amide bonds. The van der Waals surface area contributed by atoms with E-state index in [2.05, 4.69) is 0 Å². The molecule has 0 aromatic rings. The Kier molecular flexibility index (Phi) is 5.74. The minimum absolute atomic E-state index is 0.165. The third-order valence-electron chi connectivity index (χ3n) is 4.23. The van der Waals surface area contributed by atoms with Gasteiger partial charge in [0.15, 0.2) is 0 Å². The average molecular weight is 283 g/mol. The van der Waals surface area contributed by atoms with Crippen LogP contribution in [0.4, 0.5) is 0 Å². The number of nitrogens with two attached hydrogens (primary N) is 1. The summed E-state index contributed by atoms with van der Waals surface area (Å²) in [4.78, 5) is 23.0. The van der Waals surface area contributed by atoms with Gasteiger partial charge in [-0.1, -0.05) is 31.4 Å². The first kappa shape index (κ1) is 16.7. The minimum atomic E-state index is -1.03. The van der Waals surface area contributed by atoms with Crippen molar-refractivity contribution in [2.75, 3.05) is 6.54 Å². The maximum absolute atomic E-state index is 11.6. The standard InChI is InChI=1S/C15H25NO4/c1-14(12(17)18)7-6-9-15(11-14,13(19)20)8-4-2-3-5-10-16/h6,9H,2-5,7-8,10-11,16H2,1H3,(H,17,18)(H,19,20). The highest BCUT2D eigenvalue weighted by Crippen LogP contribution is 2.45. The number of aliphatic carboxylic acids is 2. The van der Waals surface area contributed by atoms with E-state index in [-0.39, 0.29) is 6.42 Å². The zero-order chi connectivity index (χ0) is 15.2. The summed E-state index contributed by atoms with van der Waals surface area (Å²) in [5, 5.41) is 18.9. The van der Waals surface area contributed by atoms with Crippen molar-refractivity contribution in [3.8, 4) is 0 Å². The molecule has 0 aromatic carbocycles. The van der Waals surface area contributed by atoms with Gasteiger partial charge in [-0.15, -0.1) is 0 Å². The van der Waals surface area contributed by atoms with Crippen LogP contribution in [0.3, 0.4) is 0 Å². The second-order valence-electron chi connectivity index (χ2n) is 6.06. The molecule has 5 heteroatoms. The van der Waals surface area contributed by atoms with Crippen molar-refractivity contribution in [1.82, 2.24) is 0 Å². The molecule has 20 heavy (non-hydrogen) atoms. The number of carboxylic acids is 2. The van der Waals surface area contributed by atoms with Crippen LogP contribution in [0.15, 0.2) is 12.2 Å². The fourth-order valence-electron chi connectivity index (χ4n) is 2.90. The fraction of sp³-hybridized carbons (Fsp3) is 0.733. The van der Waals surface area contributed by atoms with Crippen molar-refractivity contribution in [1.29, 1.82) is 0 Å². The maximum atomic E-state index is 11.6. The first-order valence-electron chi connectivity index (χ1n) is 7.21. The third kappa shape index (κ3) is 3.82. The number of allylic oxidation sites excluding steroid dienone is 1. The van der Waals surface area contributed by atoms with E-state index in [9.17, 15) is 19.8 Å². The van der Waals surface area contributed by atoms with Crippen molar-refractivity contribution in [3.05, 3.63) is 12.2 Å². The first-order valence-corrected chi connectivity index (χ1v) is 7.21.